The second-order valence-electron chi connectivity index (χ2n) is 4.28. The van der Waals surface area contributed by atoms with E-state index in [1.807, 2.05) is 0 Å². The van der Waals surface area contributed by atoms with Gasteiger partial charge < -0.3 is 9.72 Å². The number of nitro groups is 1. The van der Waals surface area contributed by atoms with Crippen molar-refractivity contribution in [3.05, 3.63) is 51.8 Å². The van der Waals surface area contributed by atoms with Gasteiger partial charge in [-0.1, -0.05) is 11.8 Å². The molecule has 7 heteroatoms. The first kappa shape index (κ1) is 15.1. The van der Waals surface area contributed by atoms with Crippen molar-refractivity contribution < 1.29 is 14.5 Å². The zero-order valence-corrected chi connectivity index (χ0v) is 12.4. The highest BCUT2D eigenvalue weighted by Gasteiger charge is 2.13. The van der Waals surface area contributed by atoms with Crippen LogP contribution in [0.4, 0.5) is 5.69 Å². The Morgan fingerprint density at radius 1 is 1.38 bits per heavy atom. The lowest BCUT2D eigenvalue weighted by Crippen LogP contribution is -2.04. The Kier molecular flexibility index (Phi) is 4.64. The summed E-state index contributed by atoms with van der Waals surface area (Å²) in [6.07, 6.45) is 1.70. The molecule has 0 aliphatic carbocycles. The van der Waals surface area contributed by atoms with Crippen molar-refractivity contribution in [3.63, 3.8) is 0 Å². The summed E-state index contributed by atoms with van der Waals surface area (Å²) in [6.45, 7) is 3.77. The van der Waals surface area contributed by atoms with E-state index in [0.29, 0.717) is 17.9 Å². The van der Waals surface area contributed by atoms with Crippen molar-refractivity contribution in [1.29, 1.82) is 0 Å². The predicted octanol–water partition coefficient (Wildman–Crippen LogP) is 3.56. The van der Waals surface area contributed by atoms with Crippen molar-refractivity contribution in [1.82, 2.24) is 4.98 Å². The molecule has 0 amide bonds. The number of carbonyl (C=O) groups is 1. The van der Waals surface area contributed by atoms with Gasteiger partial charge in [0, 0.05) is 27.6 Å². The monoisotopic (exact) mass is 306 g/mol. The minimum atomic E-state index is -0.404. The average molecular weight is 306 g/mol. The van der Waals surface area contributed by atoms with Crippen LogP contribution in [0.15, 0.2) is 40.3 Å². The Bertz CT molecular complexity index is 681. The Hall–Kier alpha value is -2.28. The zero-order chi connectivity index (χ0) is 15.4. The summed E-state index contributed by atoms with van der Waals surface area (Å²) in [5.74, 6) is -0.399. The van der Waals surface area contributed by atoms with Gasteiger partial charge in [-0.15, -0.1) is 0 Å². The first-order valence-electron chi connectivity index (χ1n) is 6.29. The smallest absolute Gasteiger partial charge is 0.354 e. The lowest BCUT2D eigenvalue weighted by atomic mass is 10.2. The number of aryl methyl sites for hydroxylation is 1. The standard InChI is InChI=1S/C14H14N2O4S/c1-3-20-14(17)12-7-11(8-15-12)21-10-4-5-13(16(18)19)9(2)6-10/h4-8,15H,3H2,1-2H3. The summed E-state index contributed by atoms with van der Waals surface area (Å²) in [6, 6.07) is 6.61. The number of hydrogen-bond acceptors (Lipinski definition) is 5. The number of benzene rings is 1. The van der Waals surface area contributed by atoms with E-state index < -0.39 is 10.9 Å². The van der Waals surface area contributed by atoms with E-state index in [9.17, 15) is 14.9 Å². The van der Waals surface area contributed by atoms with E-state index in [-0.39, 0.29) is 5.69 Å². The largest absolute Gasteiger partial charge is 0.461 e. The van der Waals surface area contributed by atoms with Crippen molar-refractivity contribution in [2.45, 2.75) is 23.6 Å². The van der Waals surface area contributed by atoms with Crippen molar-refractivity contribution in [2.24, 2.45) is 0 Å². The van der Waals surface area contributed by atoms with E-state index >= 15 is 0 Å². The fraction of sp³-hybridized carbons (Fsp3) is 0.214. The highest BCUT2D eigenvalue weighted by atomic mass is 32.2. The van der Waals surface area contributed by atoms with Crippen LogP contribution in [0.25, 0.3) is 0 Å². The maximum Gasteiger partial charge on any atom is 0.354 e. The molecule has 1 aromatic carbocycles. The molecule has 21 heavy (non-hydrogen) atoms. The molecule has 0 aliphatic heterocycles. The van der Waals surface area contributed by atoms with Gasteiger partial charge in [-0.05, 0) is 32.0 Å². The Morgan fingerprint density at radius 3 is 2.76 bits per heavy atom. The van der Waals surface area contributed by atoms with Gasteiger partial charge in [-0.3, -0.25) is 10.1 Å². The second kappa shape index (κ2) is 6.45. The molecular weight excluding hydrogens is 292 g/mol. The molecule has 1 heterocycles. The number of H-pyrrole nitrogens is 1. The fourth-order valence-corrected chi connectivity index (χ4v) is 2.73. The quantitative estimate of drug-likeness (QED) is 0.518. The summed E-state index contributed by atoms with van der Waals surface area (Å²) < 4.78 is 4.90. The number of hydrogen-bond donors (Lipinski definition) is 1. The summed E-state index contributed by atoms with van der Waals surface area (Å²) in [5.41, 5.74) is 1.09. The van der Waals surface area contributed by atoms with Crippen molar-refractivity contribution in [3.8, 4) is 0 Å². The number of esters is 1. The first-order valence-corrected chi connectivity index (χ1v) is 7.11. The lowest BCUT2D eigenvalue weighted by Gasteiger charge is -2.01. The molecule has 2 rings (SSSR count). The molecule has 0 unspecified atom stereocenters. The maximum atomic E-state index is 11.5. The number of nitrogens with one attached hydrogen (secondary N) is 1. The minimum absolute atomic E-state index is 0.0978. The molecule has 0 fully saturated rings. The van der Waals surface area contributed by atoms with E-state index in [1.165, 1.54) is 17.8 Å². The summed E-state index contributed by atoms with van der Waals surface area (Å²) >= 11 is 1.42. The average Bonchev–Trinajstić information content (AvgIpc) is 2.87. The third kappa shape index (κ3) is 3.63. The number of nitro benzene ring substituents is 1. The molecule has 0 radical (unpaired) electrons. The molecule has 0 spiro atoms. The number of aromatic amines is 1. The Balaban J connectivity index is 2.14. The van der Waals surface area contributed by atoms with Crippen LogP contribution in [0.2, 0.25) is 0 Å². The molecule has 0 saturated heterocycles. The van der Waals surface area contributed by atoms with Gasteiger partial charge in [0.25, 0.3) is 5.69 Å². The Labute approximate surface area is 125 Å². The number of nitrogens with zero attached hydrogens (tertiary/aromatic N) is 1. The van der Waals surface area contributed by atoms with Gasteiger partial charge in [0.15, 0.2) is 0 Å². The van der Waals surface area contributed by atoms with Gasteiger partial charge in [0.05, 0.1) is 11.5 Å². The highest BCUT2D eigenvalue weighted by molar-refractivity contribution is 7.99. The molecule has 2 aromatic rings. The number of aromatic nitrogens is 1. The molecule has 110 valence electrons. The Morgan fingerprint density at radius 2 is 2.14 bits per heavy atom. The van der Waals surface area contributed by atoms with Crippen molar-refractivity contribution in [2.75, 3.05) is 6.61 Å². The van der Waals surface area contributed by atoms with E-state index in [2.05, 4.69) is 4.98 Å². The van der Waals surface area contributed by atoms with Crippen LogP contribution in [0.1, 0.15) is 23.0 Å². The normalized spacial score (nSPS) is 10.4. The van der Waals surface area contributed by atoms with Gasteiger partial charge in [0.1, 0.15) is 5.69 Å². The predicted molar refractivity (Wildman–Crippen MR) is 78.7 cm³/mol. The van der Waals surface area contributed by atoms with Crippen LogP contribution in [-0.2, 0) is 4.74 Å². The summed E-state index contributed by atoms with van der Waals surface area (Å²) in [5, 5.41) is 10.8. The van der Waals surface area contributed by atoms with Crippen LogP contribution >= 0.6 is 11.8 Å². The van der Waals surface area contributed by atoms with Crippen LogP contribution in [0.5, 0.6) is 0 Å². The first-order chi connectivity index (χ1) is 10.0. The summed E-state index contributed by atoms with van der Waals surface area (Å²) in [4.78, 5) is 26.5. The minimum Gasteiger partial charge on any atom is -0.461 e. The van der Waals surface area contributed by atoms with Crippen LogP contribution in [0, 0.1) is 17.0 Å². The SMILES string of the molecule is CCOC(=O)c1cc(Sc2ccc([N+](=O)[O-])c(C)c2)c[nH]1. The fourth-order valence-electron chi connectivity index (χ4n) is 1.79. The molecule has 0 saturated carbocycles. The van der Waals surface area contributed by atoms with Gasteiger partial charge in [0.2, 0.25) is 0 Å². The number of rotatable bonds is 5. The summed E-state index contributed by atoms with van der Waals surface area (Å²) in [7, 11) is 0. The maximum absolute atomic E-state index is 11.5. The van der Waals surface area contributed by atoms with Crippen LogP contribution in [0.3, 0.4) is 0 Å². The van der Waals surface area contributed by atoms with Gasteiger partial charge >= 0.3 is 5.97 Å². The molecule has 1 aromatic heterocycles. The number of carbonyl (C=O) groups excluding carboxylic acids is 1. The van der Waals surface area contributed by atoms with Crippen LogP contribution < -0.4 is 0 Å². The lowest BCUT2D eigenvalue weighted by molar-refractivity contribution is -0.385. The topological polar surface area (TPSA) is 85.2 Å². The molecule has 0 aliphatic rings. The van der Waals surface area contributed by atoms with E-state index in [0.717, 1.165) is 9.79 Å². The van der Waals surface area contributed by atoms with E-state index in [4.69, 9.17) is 4.74 Å². The van der Waals surface area contributed by atoms with Gasteiger partial charge in [-0.25, -0.2) is 4.79 Å². The molecular formula is C14H14N2O4S. The second-order valence-corrected chi connectivity index (χ2v) is 5.42. The molecule has 6 nitrogen and oxygen atoms in total. The van der Waals surface area contributed by atoms with E-state index in [1.54, 1.807) is 38.2 Å². The molecule has 0 bridgehead atoms. The molecule has 1 N–H and O–H groups in total. The van der Waals surface area contributed by atoms with Crippen molar-refractivity contribution >= 4 is 23.4 Å². The third-order valence-corrected chi connectivity index (χ3v) is 3.71. The van der Waals surface area contributed by atoms with Crippen LogP contribution in [-0.4, -0.2) is 22.5 Å². The zero-order valence-electron chi connectivity index (χ0n) is 11.6. The van der Waals surface area contributed by atoms with Gasteiger partial charge in [-0.2, -0.15) is 0 Å². The number of ether oxygens (including phenoxy) is 1. The third-order valence-electron chi connectivity index (χ3n) is 2.75. The highest BCUT2D eigenvalue weighted by Crippen LogP contribution is 2.31. The molecule has 0 atom stereocenters.